The summed E-state index contributed by atoms with van der Waals surface area (Å²) >= 11 is 4.38. The molecule has 0 aromatic rings. The van der Waals surface area contributed by atoms with Gasteiger partial charge in [-0.05, 0) is 18.8 Å². The maximum atomic E-state index is 5.74. The van der Waals surface area contributed by atoms with Crippen molar-refractivity contribution in [1.82, 2.24) is 0 Å². The van der Waals surface area contributed by atoms with Crippen LogP contribution in [0.2, 0.25) is 0 Å². The van der Waals surface area contributed by atoms with Gasteiger partial charge in [-0.3, -0.25) is 0 Å². The molecular weight excluding hydrogens is 156 g/mol. The first-order chi connectivity index (χ1) is 5.20. The second-order valence-electron chi connectivity index (χ2n) is 3.68. The number of rotatable bonds is 3. The van der Waals surface area contributed by atoms with Crippen molar-refractivity contribution in [3.05, 3.63) is 0 Å². The lowest BCUT2D eigenvalue weighted by Crippen LogP contribution is -2.19. The third kappa shape index (κ3) is 3.04. The van der Waals surface area contributed by atoms with Crippen LogP contribution < -0.4 is 0 Å². The van der Waals surface area contributed by atoms with Crippen LogP contribution in [0.5, 0.6) is 0 Å². The van der Waals surface area contributed by atoms with E-state index in [1.54, 1.807) is 0 Å². The molecule has 1 nitrogen and oxygen atoms in total. The van der Waals surface area contributed by atoms with Gasteiger partial charge in [-0.25, -0.2) is 0 Å². The Bertz CT molecular complexity index is 108. The molecular formula is C9H18OS. The number of ether oxygens (including phenoxy) is 1. The van der Waals surface area contributed by atoms with E-state index in [2.05, 4.69) is 26.5 Å². The Morgan fingerprint density at radius 1 is 1.27 bits per heavy atom. The predicted octanol–water partition coefficient (Wildman–Crippen LogP) is 2.86. The maximum absolute atomic E-state index is 5.74. The molecule has 1 saturated carbocycles. The van der Waals surface area contributed by atoms with Gasteiger partial charge in [0.15, 0.2) is 0 Å². The molecule has 0 spiro atoms. The van der Waals surface area contributed by atoms with E-state index in [0.29, 0.717) is 12.0 Å². The first-order valence-electron chi connectivity index (χ1n) is 4.53. The second-order valence-corrected chi connectivity index (χ2v) is 4.19. The molecule has 2 heteroatoms. The summed E-state index contributed by atoms with van der Waals surface area (Å²) in [6, 6.07) is 0. The van der Waals surface area contributed by atoms with Crippen LogP contribution >= 0.6 is 12.6 Å². The van der Waals surface area contributed by atoms with E-state index in [4.69, 9.17) is 4.74 Å². The van der Waals surface area contributed by atoms with E-state index in [0.717, 1.165) is 0 Å². The summed E-state index contributed by atoms with van der Waals surface area (Å²) in [6.45, 7) is 4.29. The van der Waals surface area contributed by atoms with Crippen molar-refractivity contribution in [3.8, 4) is 0 Å². The molecule has 0 bridgehead atoms. The molecule has 0 heterocycles. The lowest BCUT2D eigenvalue weighted by atomic mass is 10.2. The van der Waals surface area contributed by atoms with Crippen LogP contribution in [0.3, 0.4) is 0 Å². The zero-order valence-electron chi connectivity index (χ0n) is 7.42. The molecule has 0 amide bonds. The fourth-order valence-corrected chi connectivity index (χ4v) is 1.55. The molecule has 0 saturated heterocycles. The van der Waals surface area contributed by atoms with E-state index < -0.39 is 0 Å². The fraction of sp³-hybridized carbons (Fsp3) is 1.00. The Morgan fingerprint density at radius 2 is 1.82 bits per heavy atom. The van der Waals surface area contributed by atoms with Crippen molar-refractivity contribution in [2.75, 3.05) is 0 Å². The third-order valence-electron chi connectivity index (χ3n) is 2.20. The molecule has 11 heavy (non-hydrogen) atoms. The molecule has 0 aliphatic heterocycles. The van der Waals surface area contributed by atoms with Gasteiger partial charge in [-0.15, -0.1) is 12.6 Å². The topological polar surface area (TPSA) is 9.23 Å². The van der Waals surface area contributed by atoms with Crippen LogP contribution in [-0.2, 0) is 4.74 Å². The molecule has 0 aromatic heterocycles. The highest BCUT2D eigenvalue weighted by Crippen LogP contribution is 2.24. The van der Waals surface area contributed by atoms with E-state index in [1.807, 2.05) is 0 Å². The van der Waals surface area contributed by atoms with Crippen LogP contribution in [0.4, 0.5) is 0 Å². The van der Waals surface area contributed by atoms with Crippen molar-refractivity contribution < 1.29 is 4.74 Å². The van der Waals surface area contributed by atoms with Gasteiger partial charge in [0, 0.05) is 0 Å². The standard InChI is InChI=1S/C9H18OS/c1-7(2)9(11)10-8-5-3-4-6-8/h7-9,11H,3-6H2,1-2H3. The van der Waals surface area contributed by atoms with Gasteiger partial charge in [-0.2, -0.15) is 0 Å². The molecule has 1 aliphatic rings. The Labute approximate surface area is 74.9 Å². The molecule has 66 valence electrons. The normalized spacial score (nSPS) is 22.9. The first-order valence-corrected chi connectivity index (χ1v) is 5.05. The molecule has 1 atom stereocenters. The van der Waals surface area contributed by atoms with Gasteiger partial charge in [0.25, 0.3) is 0 Å². The first kappa shape index (κ1) is 9.40. The van der Waals surface area contributed by atoms with Crippen LogP contribution in [0.1, 0.15) is 39.5 Å². The minimum Gasteiger partial charge on any atom is -0.364 e. The second kappa shape index (κ2) is 4.36. The minimum atomic E-state index is 0.137. The number of hydrogen-bond acceptors (Lipinski definition) is 2. The molecule has 1 aliphatic carbocycles. The zero-order valence-corrected chi connectivity index (χ0v) is 8.31. The summed E-state index contributed by atoms with van der Waals surface area (Å²) in [4.78, 5) is 0. The average molecular weight is 174 g/mol. The third-order valence-corrected chi connectivity index (χ3v) is 2.92. The minimum absolute atomic E-state index is 0.137. The van der Waals surface area contributed by atoms with Gasteiger partial charge < -0.3 is 4.74 Å². The van der Waals surface area contributed by atoms with Crippen LogP contribution in [0.15, 0.2) is 0 Å². The van der Waals surface area contributed by atoms with Gasteiger partial charge in [0.2, 0.25) is 0 Å². The van der Waals surface area contributed by atoms with Crippen molar-refractivity contribution in [2.24, 2.45) is 5.92 Å². The summed E-state index contributed by atoms with van der Waals surface area (Å²) < 4.78 is 5.74. The highest BCUT2D eigenvalue weighted by atomic mass is 32.1. The van der Waals surface area contributed by atoms with Gasteiger partial charge >= 0.3 is 0 Å². The summed E-state index contributed by atoms with van der Waals surface area (Å²) in [5.74, 6) is 0.527. The predicted molar refractivity (Wildman–Crippen MR) is 51.0 cm³/mol. The average Bonchev–Trinajstić information content (AvgIpc) is 2.39. The Morgan fingerprint density at radius 3 is 2.27 bits per heavy atom. The fourth-order valence-electron chi connectivity index (χ4n) is 1.38. The largest absolute Gasteiger partial charge is 0.364 e. The SMILES string of the molecule is CC(C)C(S)OC1CCCC1. The van der Waals surface area contributed by atoms with E-state index >= 15 is 0 Å². The Kier molecular flexibility index (Phi) is 3.73. The highest BCUT2D eigenvalue weighted by Gasteiger charge is 2.19. The summed E-state index contributed by atoms with van der Waals surface area (Å²) in [7, 11) is 0. The van der Waals surface area contributed by atoms with Crippen molar-refractivity contribution in [1.29, 1.82) is 0 Å². The maximum Gasteiger partial charge on any atom is 0.103 e. The number of thiol groups is 1. The molecule has 0 N–H and O–H groups in total. The lowest BCUT2D eigenvalue weighted by Gasteiger charge is -2.20. The molecule has 1 unspecified atom stereocenters. The van der Waals surface area contributed by atoms with Crippen molar-refractivity contribution >= 4 is 12.6 Å². The summed E-state index contributed by atoms with van der Waals surface area (Å²) in [5, 5.41) is 0. The van der Waals surface area contributed by atoms with Crippen LogP contribution in [0, 0.1) is 5.92 Å². The smallest absolute Gasteiger partial charge is 0.103 e. The molecule has 0 aromatic carbocycles. The van der Waals surface area contributed by atoms with Crippen LogP contribution in [-0.4, -0.2) is 11.5 Å². The number of hydrogen-bond donors (Lipinski definition) is 1. The van der Waals surface area contributed by atoms with Gasteiger partial charge in [0.1, 0.15) is 5.44 Å². The monoisotopic (exact) mass is 174 g/mol. The van der Waals surface area contributed by atoms with Crippen molar-refractivity contribution in [3.63, 3.8) is 0 Å². The lowest BCUT2D eigenvalue weighted by molar-refractivity contribution is 0.0201. The van der Waals surface area contributed by atoms with E-state index in [9.17, 15) is 0 Å². The summed E-state index contributed by atoms with van der Waals surface area (Å²) in [6.07, 6.45) is 5.65. The van der Waals surface area contributed by atoms with Gasteiger partial charge in [-0.1, -0.05) is 26.7 Å². The zero-order chi connectivity index (χ0) is 8.27. The molecule has 0 radical (unpaired) electrons. The van der Waals surface area contributed by atoms with E-state index in [-0.39, 0.29) is 5.44 Å². The van der Waals surface area contributed by atoms with E-state index in [1.165, 1.54) is 25.7 Å². The molecule has 1 rings (SSSR count). The van der Waals surface area contributed by atoms with Crippen molar-refractivity contribution in [2.45, 2.75) is 51.1 Å². The Balaban J connectivity index is 2.18. The molecule has 1 fully saturated rings. The van der Waals surface area contributed by atoms with Crippen LogP contribution in [0.25, 0.3) is 0 Å². The quantitative estimate of drug-likeness (QED) is 0.511. The van der Waals surface area contributed by atoms with Gasteiger partial charge in [0.05, 0.1) is 6.10 Å². The summed E-state index contributed by atoms with van der Waals surface area (Å²) in [5.41, 5.74) is 0.137. The highest BCUT2D eigenvalue weighted by molar-refractivity contribution is 7.80. The Hall–Kier alpha value is 0.310.